The molecule has 0 radical (unpaired) electrons. The Morgan fingerprint density at radius 1 is 1.33 bits per heavy atom. The van der Waals surface area contributed by atoms with Gasteiger partial charge < -0.3 is 14.7 Å². The fourth-order valence-electron chi connectivity index (χ4n) is 3.28. The van der Waals surface area contributed by atoms with E-state index in [2.05, 4.69) is 0 Å². The summed E-state index contributed by atoms with van der Waals surface area (Å²) in [6.45, 7) is 5.88. The summed E-state index contributed by atoms with van der Waals surface area (Å²) in [4.78, 5) is 14.5. The van der Waals surface area contributed by atoms with Crippen molar-refractivity contribution in [1.82, 2.24) is 4.90 Å². The highest BCUT2D eigenvalue weighted by Crippen LogP contribution is 2.28. The van der Waals surface area contributed by atoms with E-state index in [1.807, 2.05) is 18.7 Å². The highest BCUT2D eigenvalue weighted by molar-refractivity contribution is 5.79. The van der Waals surface area contributed by atoms with Crippen molar-refractivity contribution in [2.45, 2.75) is 51.7 Å². The molecule has 2 aliphatic heterocycles. The lowest BCUT2D eigenvalue weighted by Crippen LogP contribution is -2.46. The maximum absolute atomic E-state index is 12.5. The van der Waals surface area contributed by atoms with E-state index in [0.717, 1.165) is 38.8 Å². The second kappa shape index (κ2) is 6.02. The van der Waals surface area contributed by atoms with Gasteiger partial charge in [0, 0.05) is 25.6 Å². The molecule has 4 nitrogen and oxygen atoms in total. The molecule has 3 unspecified atom stereocenters. The number of ether oxygens (including phenoxy) is 1. The van der Waals surface area contributed by atoms with Crippen molar-refractivity contribution in [2.24, 2.45) is 11.8 Å². The lowest BCUT2D eigenvalue weighted by molar-refractivity contribution is -0.145. The topological polar surface area (TPSA) is 49.8 Å². The smallest absolute Gasteiger partial charge is 0.225 e. The van der Waals surface area contributed by atoms with Gasteiger partial charge in [-0.3, -0.25) is 4.79 Å². The number of carbonyl (C=O) groups excluding carboxylic acids is 1. The molecule has 1 amide bonds. The minimum atomic E-state index is 0.112. The van der Waals surface area contributed by atoms with E-state index in [4.69, 9.17) is 4.74 Å². The van der Waals surface area contributed by atoms with E-state index in [-0.39, 0.29) is 36.6 Å². The fourth-order valence-corrected chi connectivity index (χ4v) is 3.28. The van der Waals surface area contributed by atoms with Crippen LogP contribution in [0.25, 0.3) is 0 Å². The van der Waals surface area contributed by atoms with Gasteiger partial charge in [0.1, 0.15) is 0 Å². The molecule has 2 heterocycles. The first kappa shape index (κ1) is 13.8. The molecule has 2 fully saturated rings. The minimum absolute atomic E-state index is 0.112. The predicted molar refractivity (Wildman–Crippen MR) is 69.1 cm³/mol. The van der Waals surface area contributed by atoms with Crippen molar-refractivity contribution >= 4 is 5.91 Å². The highest BCUT2D eigenvalue weighted by atomic mass is 16.5. The van der Waals surface area contributed by atoms with Crippen LogP contribution in [0.3, 0.4) is 0 Å². The van der Waals surface area contributed by atoms with Gasteiger partial charge in [0.2, 0.25) is 5.91 Å². The van der Waals surface area contributed by atoms with Crippen LogP contribution in [-0.2, 0) is 9.53 Å². The van der Waals surface area contributed by atoms with E-state index in [0.29, 0.717) is 0 Å². The second-order valence-electron chi connectivity index (χ2n) is 5.90. The summed E-state index contributed by atoms with van der Waals surface area (Å²) in [7, 11) is 0. The normalized spacial score (nSPS) is 37.6. The molecular weight excluding hydrogens is 230 g/mol. The Morgan fingerprint density at radius 2 is 2.00 bits per heavy atom. The van der Waals surface area contributed by atoms with Crippen molar-refractivity contribution in [1.29, 1.82) is 0 Å². The zero-order valence-corrected chi connectivity index (χ0v) is 11.5. The molecule has 2 saturated heterocycles. The molecular formula is C14H25NO3. The second-order valence-corrected chi connectivity index (χ2v) is 5.90. The molecule has 0 aromatic carbocycles. The van der Waals surface area contributed by atoms with E-state index >= 15 is 0 Å². The van der Waals surface area contributed by atoms with Crippen LogP contribution in [0.4, 0.5) is 0 Å². The number of piperidine rings is 1. The number of hydrogen-bond donors (Lipinski definition) is 1. The Balaban J connectivity index is 1.93. The monoisotopic (exact) mass is 255 g/mol. The fraction of sp³-hybridized carbons (Fsp3) is 0.929. The third-order valence-corrected chi connectivity index (χ3v) is 4.14. The summed E-state index contributed by atoms with van der Waals surface area (Å²) in [5, 5.41) is 9.23. The summed E-state index contributed by atoms with van der Waals surface area (Å²) in [5.74, 6) is 0.661. The first-order chi connectivity index (χ1) is 8.60. The Kier molecular flexibility index (Phi) is 4.62. The van der Waals surface area contributed by atoms with Crippen LogP contribution in [0.5, 0.6) is 0 Å². The van der Waals surface area contributed by atoms with Gasteiger partial charge in [0.25, 0.3) is 0 Å². The van der Waals surface area contributed by atoms with Gasteiger partial charge >= 0.3 is 0 Å². The van der Waals surface area contributed by atoms with Gasteiger partial charge in [-0.25, -0.2) is 0 Å². The van der Waals surface area contributed by atoms with E-state index in [9.17, 15) is 9.90 Å². The van der Waals surface area contributed by atoms with Gasteiger partial charge in [-0.15, -0.1) is 0 Å². The van der Waals surface area contributed by atoms with Crippen LogP contribution < -0.4 is 0 Å². The molecule has 0 saturated carbocycles. The molecule has 4 heteroatoms. The summed E-state index contributed by atoms with van der Waals surface area (Å²) < 4.78 is 5.69. The molecule has 0 spiro atoms. The van der Waals surface area contributed by atoms with Crippen LogP contribution in [0.15, 0.2) is 0 Å². The number of hydrogen-bond acceptors (Lipinski definition) is 3. The van der Waals surface area contributed by atoms with E-state index < -0.39 is 0 Å². The van der Waals surface area contributed by atoms with Crippen LogP contribution >= 0.6 is 0 Å². The number of nitrogens with zero attached hydrogens (tertiary/aromatic N) is 1. The number of likely N-dealkylation sites (tertiary alicyclic amines) is 1. The number of rotatable bonds is 2. The van der Waals surface area contributed by atoms with Gasteiger partial charge in [0.05, 0.1) is 12.2 Å². The zero-order chi connectivity index (χ0) is 13.1. The van der Waals surface area contributed by atoms with E-state index in [1.54, 1.807) is 0 Å². The van der Waals surface area contributed by atoms with Crippen molar-refractivity contribution in [3.8, 4) is 0 Å². The maximum atomic E-state index is 12.5. The lowest BCUT2D eigenvalue weighted by atomic mass is 9.89. The van der Waals surface area contributed by atoms with E-state index in [1.165, 1.54) is 0 Å². The molecule has 18 heavy (non-hydrogen) atoms. The SMILES string of the molecule is CC1CC(C(=O)N2CCCC(CO)C2)CC(C)O1. The molecule has 0 bridgehead atoms. The quantitative estimate of drug-likeness (QED) is 0.812. The van der Waals surface area contributed by atoms with Crippen LogP contribution in [0, 0.1) is 11.8 Å². The Morgan fingerprint density at radius 3 is 2.61 bits per heavy atom. The van der Waals surface area contributed by atoms with Crippen molar-refractivity contribution in [3.05, 3.63) is 0 Å². The zero-order valence-electron chi connectivity index (χ0n) is 11.5. The highest BCUT2D eigenvalue weighted by Gasteiger charge is 2.33. The summed E-state index contributed by atoms with van der Waals surface area (Å²) in [6.07, 6.45) is 4.10. The molecule has 104 valence electrons. The summed E-state index contributed by atoms with van der Waals surface area (Å²) >= 11 is 0. The molecule has 2 aliphatic rings. The molecule has 0 aromatic rings. The van der Waals surface area contributed by atoms with Crippen LogP contribution in [0.2, 0.25) is 0 Å². The van der Waals surface area contributed by atoms with Crippen LogP contribution in [0.1, 0.15) is 39.5 Å². The van der Waals surface area contributed by atoms with Gasteiger partial charge in [0.15, 0.2) is 0 Å². The number of aliphatic hydroxyl groups is 1. The third-order valence-electron chi connectivity index (χ3n) is 4.14. The summed E-state index contributed by atoms with van der Waals surface area (Å²) in [6, 6.07) is 0. The van der Waals surface area contributed by atoms with Crippen molar-refractivity contribution in [3.63, 3.8) is 0 Å². The molecule has 0 aromatic heterocycles. The predicted octanol–water partition coefficient (Wildman–Crippen LogP) is 1.42. The largest absolute Gasteiger partial charge is 0.396 e. The number of amides is 1. The first-order valence-corrected chi connectivity index (χ1v) is 7.15. The van der Waals surface area contributed by atoms with Crippen molar-refractivity contribution < 1.29 is 14.6 Å². The number of carbonyl (C=O) groups is 1. The molecule has 2 rings (SSSR count). The third kappa shape index (κ3) is 3.23. The number of aliphatic hydroxyl groups excluding tert-OH is 1. The summed E-state index contributed by atoms with van der Waals surface area (Å²) in [5.41, 5.74) is 0. The van der Waals surface area contributed by atoms with Gasteiger partial charge in [-0.05, 0) is 45.4 Å². The maximum Gasteiger partial charge on any atom is 0.225 e. The Labute approximate surface area is 109 Å². The molecule has 3 atom stereocenters. The Hall–Kier alpha value is -0.610. The van der Waals surface area contributed by atoms with Gasteiger partial charge in [-0.2, -0.15) is 0 Å². The average molecular weight is 255 g/mol. The Bertz CT molecular complexity index is 285. The van der Waals surface area contributed by atoms with Crippen LogP contribution in [-0.4, -0.2) is 47.8 Å². The van der Waals surface area contributed by atoms with Crippen molar-refractivity contribution in [2.75, 3.05) is 19.7 Å². The molecule has 1 N–H and O–H groups in total. The lowest BCUT2D eigenvalue weighted by Gasteiger charge is -2.37. The first-order valence-electron chi connectivity index (χ1n) is 7.15. The van der Waals surface area contributed by atoms with Gasteiger partial charge in [-0.1, -0.05) is 0 Å². The average Bonchev–Trinajstić information content (AvgIpc) is 2.37. The minimum Gasteiger partial charge on any atom is -0.396 e. The molecule has 0 aliphatic carbocycles. The standard InChI is InChI=1S/C14H25NO3/c1-10-6-13(7-11(2)18-10)14(17)15-5-3-4-12(8-15)9-16/h10-13,16H,3-9H2,1-2H3.